The first-order valence-electron chi connectivity index (χ1n) is 6.33. The number of hydrogen-bond acceptors (Lipinski definition) is 3. The molecule has 0 radical (unpaired) electrons. The Morgan fingerprint density at radius 1 is 1.26 bits per heavy atom. The van der Waals surface area contributed by atoms with Crippen molar-refractivity contribution in [2.75, 3.05) is 18.4 Å². The van der Waals surface area contributed by atoms with Crippen molar-refractivity contribution in [1.29, 1.82) is 0 Å². The van der Waals surface area contributed by atoms with Crippen LogP contribution in [-0.4, -0.2) is 31.1 Å². The SMILES string of the molecule is NC(=O)Nc1ccc(C(=O)N[C@H]2CCCNC2)cc1. The van der Waals surface area contributed by atoms with Crippen LogP contribution in [0.4, 0.5) is 10.5 Å². The van der Waals surface area contributed by atoms with Crippen molar-refractivity contribution in [3.63, 3.8) is 0 Å². The number of rotatable bonds is 3. The molecule has 1 saturated heterocycles. The summed E-state index contributed by atoms with van der Waals surface area (Å²) in [7, 11) is 0. The minimum Gasteiger partial charge on any atom is -0.351 e. The minimum absolute atomic E-state index is 0.0978. The van der Waals surface area contributed by atoms with Gasteiger partial charge in [-0.1, -0.05) is 0 Å². The fourth-order valence-electron chi connectivity index (χ4n) is 2.09. The van der Waals surface area contributed by atoms with Gasteiger partial charge in [0.05, 0.1) is 0 Å². The van der Waals surface area contributed by atoms with E-state index >= 15 is 0 Å². The number of primary amides is 1. The van der Waals surface area contributed by atoms with E-state index in [-0.39, 0.29) is 11.9 Å². The van der Waals surface area contributed by atoms with Gasteiger partial charge >= 0.3 is 6.03 Å². The summed E-state index contributed by atoms with van der Waals surface area (Å²) in [5, 5.41) is 8.68. The van der Waals surface area contributed by atoms with Crippen LogP contribution in [0.2, 0.25) is 0 Å². The molecule has 5 N–H and O–H groups in total. The Hall–Kier alpha value is -2.08. The maximum absolute atomic E-state index is 12.0. The summed E-state index contributed by atoms with van der Waals surface area (Å²) in [6, 6.07) is 6.20. The van der Waals surface area contributed by atoms with Crippen LogP contribution in [0.15, 0.2) is 24.3 Å². The third-order valence-corrected chi connectivity index (χ3v) is 3.05. The number of hydrogen-bond donors (Lipinski definition) is 4. The fraction of sp³-hybridized carbons (Fsp3) is 0.385. The Morgan fingerprint density at radius 3 is 2.58 bits per heavy atom. The molecule has 1 aliphatic heterocycles. The molecule has 6 nitrogen and oxygen atoms in total. The second-order valence-corrected chi connectivity index (χ2v) is 4.58. The summed E-state index contributed by atoms with van der Waals surface area (Å²) in [5.41, 5.74) is 6.15. The Bertz CT molecular complexity index is 452. The third kappa shape index (κ3) is 3.96. The first-order chi connectivity index (χ1) is 9.15. The topological polar surface area (TPSA) is 96.2 Å². The Balaban J connectivity index is 1.93. The highest BCUT2D eigenvalue weighted by molar-refractivity contribution is 5.95. The van der Waals surface area contributed by atoms with E-state index in [9.17, 15) is 9.59 Å². The van der Waals surface area contributed by atoms with Crippen molar-refractivity contribution in [3.05, 3.63) is 29.8 Å². The number of anilines is 1. The lowest BCUT2D eigenvalue weighted by Gasteiger charge is -2.23. The molecule has 1 aromatic carbocycles. The summed E-state index contributed by atoms with van der Waals surface area (Å²) < 4.78 is 0. The van der Waals surface area contributed by atoms with Crippen LogP contribution < -0.4 is 21.7 Å². The predicted molar refractivity (Wildman–Crippen MR) is 73.0 cm³/mol. The van der Waals surface area contributed by atoms with Gasteiger partial charge in [-0.15, -0.1) is 0 Å². The molecule has 0 bridgehead atoms. The number of benzene rings is 1. The predicted octanol–water partition coefficient (Wildman–Crippen LogP) is 0.659. The van der Waals surface area contributed by atoms with E-state index in [4.69, 9.17) is 5.73 Å². The Labute approximate surface area is 111 Å². The molecule has 1 atom stereocenters. The molecule has 102 valence electrons. The first-order valence-corrected chi connectivity index (χ1v) is 6.33. The summed E-state index contributed by atoms with van der Waals surface area (Å²) in [6.45, 7) is 1.83. The second kappa shape index (κ2) is 6.19. The van der Waals surface area contributed by atoms with Crippen LogP contribution in [0.5, 0.6) is 0 Å². The van der Waals surface area contributed by atoms with Crippen molar-refractivity contribution < 1.29 is 9.59 Å². The molecular weight excluding hydrogens is 244 g/mol. The highest BCUT2D eigenvalue weighted by Crippen LogP contribution is 2.10. The van der Waals surface area contributed by atoms with Crippen LogP contribution in [0.1, 0.15) is 23.2 Å². The fourth-order valence-corrected chi connectivity index (χ4v) is 2.09. The average Bonchev–Trinajstić information content (AvgIpc) is 2.40. The monoisotopic (exact) mass is 262 g/mol. The first kappa shape index (κ1) is 13.4. The van der Waals surface area contributed by atoms with Gasteiger partial charge < -0.3 is 21.7 Å². The van der Waals surface area contributed by atoms with Gasteiger partial charge in [0.15, 0.2) is 0 Å². The van der Waals surface area contributed by atoms with Gasteiger partial charge in [0.2, 0.25) is 0 Å². The average molecular weight is 262 g/mol. The quantitative estimate of drug-likeness (QED) is 0.644. The van der Waals surface area contributed by atoms with Gasteiger partial charge in [0, 0.05) is 23.8 Å². The molecule has 1 aromatic rings. The summed E-state index contributed by atoms with van der Waals surface area (Å²) >= 11 is 0. The lowest BCUT2D eigenvalue weighted by Crippen LogP contribution is -2.45. The molecule has 0 saturated carbocycles. The normalized spacial score (nSPS) is 18.6. The van der Waals surface area contributed by atoms with Crippen LogP contribution in [0.25, 0.3) is 0 Å². The summed E-state index contributed by atoms with van der Waals surface area (Å²) in [5.74, 6) is -0.0978. The highest BCUT2D eigenvalue weighted by atomic mass is 16.2. The maximum atomic E-state index is 12.0. The molecular formula is C13H18N4O2. The minimum atomic E-state index is -0.620. The number of carbonyl (C=O) groups is 2. The highest BCUT2D eigenvalue weighted by Gasteiger charge is 2.16. The molecule has 1 aliphatic rings. The number of amides is 3. The molecule has 2 rings (SSSR count). The van der Waals surface area contributed by atoms with Gasteiger partial charge in [-0.05, 0) is 43.7 Å². The Kier molecular flexibility index (Phi) is 4.35. The van der Waals surface area contributed by atoms with Gasteiger partial charge in [0.25, 0.3) is 5.91 Å². The van der Waals surface area contributed by atoms with Crippen LogP contribution in [0.3, 0.4) is 0 Å². The molecule has 1 heterocycles. The zero-order valence-corrected chi connectivity index (χ0v) is 10.6. The number of nitrogens with two attached hydrogens (primary N) is 1. The number of urea groups is 1. The van der Waals surface area contributed by atoms with E-state index in [0.717, 1.165) is 25.9 Å². The molecule has 0 spiro atoms. The smallest absolute Gasteiger partial charge is 0.316 e. The zero-order valence-electron chi connectivity index (χ0n) is 10.6. The number of nitrogens with one attached hydrogen (secondary N) is 3. The molecule has 19 heavy (non-hydrogen) atoms. The lowest BCUT2D eigenvalue weighted by molar-refractivity contribution is 0.0930. The molecule has 3 amide bonds. The van der Waals surface area contributed by atoms with E-state index in [2.05, 4.69) is 16.0 Å². The molecule has 6 heteroatoms. The van der Waals surface area contributed by atoms with E-state index in [1.54, 1.807) is 24.3 Å². The van der Waals surface area contributed by atoms with Crippen molar-refractivity contribution in [2.24, 2.45) is 5.73 Å². The van der Waals surface area contributed by atoms with E-state index in [1.165, 1.54) is 0 Å². The van der Waals surface area contributed by atoms with E-state index < -0.39 is 6.03 Å². The van der Waals surface area contributed by atoms with Gasteiger partial charge in [0.1, 0.15) is 0 Å². The standard InChI is InChI=1S/C13H18N4O2/c14-13(19)17-10-5-3-9(4-6-10)12(18)16-11-2-1-7-15-8-11/h3-6,11,15H,1-2,7-8H2,(H,16,18)(H3,14,17,19)/t11-/m0/s1. The summed E-state index contributed by atoms with van der Waals surface area (Å²) in [6.07, 6.45) is 2.08. The van der Waals surface area contributed by atoms with Crippen molar-refractivity contribution in [2.45, 2.75) is 18.9 Å². The number of carbonyl (C=O) groups excluding carboxylic acids is 2. The molecule has 0 aromatic heterocycles. The summed E-state index contributed by atoms with van der Waals surface area (Å²) in [4.78, 5) is 22.7. The van der Waals surface area contributed by atoms with Crippen molar-refractivity contribution in [1.82, 2.24) is 10.6 Å². The van der Waals surface area contributed by atoms with Gasteiger partial charge in [-0.3, -0.25) is 4.79 Å². The van der Waals surface area contributed by atoms with Gasteiger partial charge in [-0.25, -0.2) is 4.79 Å². The van der Waals surface area contributed by atoms with E-state index in [1.807, 2.05) is 0 Å². The van der Waals surface area contributed by atoms with Crippen molar-refractivity contribution >= 4 is 17.6 Å². The Morgan fingerprint density at radius 2 is 2.00 bits per heavy atom. The lowest BCUT2D eigenvalue weighted by atomic mass is 10.1. The zero-order chi connectivity index (χ0) is 13.7. The van der Waals surface area contributed by atoms with Crippen LogP contribution >= 0.6 is 0 Å². The number of piperidine rings is 1. The third-order valence-electron chi connectivity index (χ3n) is 3.05. The van der Waals surface area contributed by atoms with Crippen molar-refractivity contribution in [3.8, 4) is 0 Å². The van der Waals surface area contributed by atoms with Crippen LogP contribution in [0, 0.1) is 0 Å². The molecule has 1 fully saturated rings. The molecule has 0 unspecified atom stereocenters. The van der Waals surface area contributed by atoms with E-state index in [0.29, 0.717) is 11.3 Å². The van der Waals surface area contributed by atoms with Crippen LogP contribution in [-0.2, 0) is 0 Å². The largest absolute Gasteiger partial charge is 0.351 e. The molecule has 0 aliphatic carbocycles. The second-order valence-electron chi connectivity index (χ2n) is 4.58. The maximum Gasteiger partial charge on any atom is 0.316 e. The van der Waals surface area contributed by atoms with Gasteiger partial charge in [-0.2, -0.15) is 0 Å².